The molecule has 0 bridgehead atoms. The summed E-state index contributed by atoms with van der Waals surface area (Å²) in [5.41, 5.74) is 2.80. The summed E-state index contributed by atoms with van der Waals surface area (Å²) in [4.78, 5) is 0. The summed E-state index contributed by atoms with van der Waals surface area (Å²) in [7, 11) is 0. The molecule has 1 atom stereocenters. The molecule has 1 aromatic carbocycles. The first kappa shape index (κ1) is 16.0. The van der Waals surface area contributed by atoms with Crippen molar-refractivity contribution in [2.24, 2.45) is 0 Å². The van der Waals surface area contributed by atoms with Crippen molar-refractivity contribution in [2.45, 2.75) is 59.0 Å². The summed E-state index contributed by atoms with van der Waals surface area (Å²) in [5.74, 6) is 0. The molecule has 0 amide bonds. The van der Waals surface area contributed by atoms with Crippen LogP contribution in [0, 0.1) is 0 Å². The van der Waals surface area contributed by atoms with Crippen molar-refractivity contribution in [1.29, 1.82) is 0 Å². The fourth-order valence-corrected chi connectivity index (χ4v) is 2.27. The molecule has 0 aliphatic heterocycles. The van der Waals surface area contributed by atoms with Crippen LogP contribution in [0.15, 0.2) is 24.3 Å². The molecular formula is C16H26N2S. The van der Waals surface area contributed by atoms with Crippen LogP contribution in [0.25, 0.3) is 0 Å². The Kier molecular flexibility index (Phi) is 5.36. The number of rotatable bonds is 3. The van der Waals surface area contributed by atoms with Gasteiger partial charge >= 0.3 is 0 Å². The van der Waals surface area contributed by atoms with Gasteiger partial charge in [0.25, 0.3) is 0 Å². The predicted octanol–water partition coefficient (Wildman–Crippen LogP) is 3.92. The van der Waals surface area contributed by atoms with Crippen LogP contribution >= 0.6 is 12.2 Å². The van der Waals surface area contributed by atoms with Crippen molar-refractivity contribution in [3.8, 4) is 0 Å². The zero-order valence-corrected chi connectivity index (χ0v) is 13.7. The smallest absolute Gasteiger partial charge is 0.166 e. The fourth-order valence-electron chi connectivity index (χ4n) is 1.86. The van der Waals surface area contributed by atoms with Crippen LogP contribution in [-0.4, -0.2) is 11.2 Å². The molecule has 0 saturated carbocycles. The van der Waals surface area contributed by atoms with Gasteiger partial charge in [0.15, 0.2) is 5.11 Å². The third-order valence-electron chi connectivity index (χ3n) is 3.04. The van der Waals surface area contributed by atoms with Crippen molar-refractivity contribution in [3.05, 3.63) is 35.4 Å². The molecule has 106 valence electrons. The molecule has 0 saturated heterocycles. The van der Waals surface area contributed by atoms with E-state index in [2.05, 4.69) is 76.4 Å². The maximum atomic E-state index is 5.27. The molecule has 1 aromatic rings. The average molecular weight is 278 g/mol. The zero-order valence-electron chi connectivity index (χ0n) is 12.9. The summed E-state index contributed by atoms with van der Waals surface area (Å²) >= 11 is 5.27. The number of nitrogens with one attached hydrogen (secondary N) is 2. The van der Waals surface area contributed by atoms with Gasteiger partial charge in [-0.2, -0.15) is 0 Å². The molecule has 0 aromatic heterocycles. The Labute approximate surface area is 123 Å². The van der Waals surface area contributed by atoms with Crippen molar-refractivity contribution in [3.63, 3.8) is 0 Å². The van der Waals surface area contributed by atoms with E-state index in [9.17, 15) is 0 Å². The Hall–Kier alpha value is -1.09. The Bertz CT molecular complexity index is 415. The summed E-state index contributed by atoms with van der Waals surface area (Å²) in [6.07, 6.45) is 0. The standard InChI is InChI=1S/C16H26N2S/c1-11(2)17-15(19)18-12(3)13-7-9-14(10-8-13)16(4,5)6/h7-12H,1-6H3,(H2,17,18,19). The fraction of sp³-hybridized carbons (Fsp3) is 0.562. The molecule has 2 N–H and O–H groups in total. The maximum absolute atomic E-state index is 5.27. The largest absolute Gasteiger partial charge is 0.361 e. The first-order chi connectivity index (χ1) is 8.70. The SMILES string of the molecule is CC(C)NC(=S)NC(C)c1ccc(C(C)(C)C)cc1. The number of hydrogen-bond donors (Lipinski definition) is 2. The summed E-state index contributed by atoms with van der Waals surface area (Å²) in [5, 5.41) is 7.22. The van der Waals surface area contributed by atoms with Crippen molar-refractivity contribution in [2.75, 3.05) is 0 Å². The van der Waals surface area contributed by atoms with Crippen LogP contribution in [0.3, 0.4) is 0 Å². The first-order valence-electron chi connectivity index (χ1n) is 6.87. The lowest BCUT2D eigenvalue weighted by Gasteiger charge is -2.22. The highest BCUT2D eigenvalue weighted by atomic mass is 32.1. The zero-order chi connectivity index (χ0) is 14.6. The minimum absolute atomic E-state index is 0.198. The summed E-state index contributed by atoms with van der Waals surface area (Å²) in [6, 6.07) is 9.33. The maximum Gasteiger partial charge on any atom is 0.166 e. The van der Waals surface area contributed by atoms with E-state index < -0.39 is 0 Å². The highest BCUT2D eigenvalue weighted by Gasteiger charge is 2.14. The van der Waals surface area contributed by atoms with Crippen LogP contribution in [0.4, 0.5) is 0 Å². The lowest BCUT2D eigenvalue weighted by Crippen LogP contribution is -2.40. The Morgan fingerprint density at radius 2 is 1.53 bits per heavy atom. The molecule has 1 unspecified atom stereocenters. The lowest BCUT2D eigenvalue weighted by atomic mass is 9.86. The first-order valence-corrected chi connectivity index (χ1v) is 7.28. The van der Waals surface area contributed by atoms with Gasteiger partial charge in [0, 0.05) is 6.04 Å². The van der Waals surface area contributed by atoms with Crippen molar-refractivity contribution >= 4 is 17.3 Å². The van der Waals surface area contributed by atoms with Crippen LogP contribution in [-0.2, 0) is 5.41 Å². The minimum atomic E-state index is 0.198. The normalized spacial score (nSPS) is 13.2. The van der Waals surface area contributed by atoms with Gasteiger partial charge in [-0.05, 0) is 49.5 Å². The molecule has 3 heteroatoms. The minimum Gasteiger partial charge on any atom is -0.361 e. The monoisotopic (exact) mass is 278 g/mol. The van der Waals surface area contributed by atoms with E-state index in [-0.39, 0.29) is 11.5 Å². The van der Waals surface area contributed by atoms with Crippen LogP contribution < -0.4 is 10.6 Å². The Balaban J connectivity index is 2.68. The second-order valence-corrected chi connectivity index (χ2v) is 6.77. The highest BCUT2D eigenvalue weighted by Crippen LogP contribution is 2.23. The Morgan fingerprint density at radius 3 is 1.95 bits per heavy atom. The summed E-state index contributed by atoms with van der Waals surface area (Å²) in [6.45, 7) is 13.0. The number of thiocarbonyl (C=S) groups is 1. The molecule has 0 aliphatic rings. The molecule has 0 radical (unpaired) electrons. The van der Waals surface area contributed by atoms with Gasteiger partial charge < -0.3 is 10.6 Å². The van der Waals surface area contributed by atoms with Gasteiger partial charge in [-0.3, -0.25) is 0 Å². The van der Waals surface area contributed by atoms with Gasteiger partial charge in [-0.1, -0.05) is 45.0 Å². The van der Waals surface area contributed by atoms with E-state index in [4.69, 9.17) is 12.2 Å². The van der Waals surface area contributed by atoms with Crippen LogP contribution in [0.5, 0.6) is 0 Å². The molecule has 0 heterocycles. The van der Waals surface area contributed by atoms with Gasteiger partial charge in [-0.15, -0.1) is 0 Å². The second-order valence-electron chi connectivity index (χ2n) is 6.37. The van der Waals surface area contributed by atoms with Crippen LogP contribution in [0.1, 0.15) is 58.7 Å². The molecule has 0 aliphatic carbocycles. The molecule has 0 spiro atoms. The van der Waals surface area contributed by atoms with E-state index in [1.165, 1.54) is 11.1 Å². The quantitative estimate of drug-likeness (QED) is 0.820. The van der Waals surface area contributed by atoms with E-state index in [1.807, 2.05) is 0 Å². The third kappa shape index (κ3) is 5.19. The molecular weight excluding hydrogens is 252 g/mol. The van der Waals surface area contributed by atoms with Gasteiger partial charge in [-0.25, -0.2) is 0 Å². The van der Waals surface area contributed by atoms with Gasteiger partial charge in [0.2, 0.25) is 0 Å². The topological polar surface area (TPSA) is 24.1 Å². The van der Waals surface area contributed by atoms with E-state index in [0.29, 0.717) is 11.2 Å². The number of hydrogen-bond acceptors (Lipinski definition) is 1. The molecule has 1 rings (SSSR count). The van der Waals surface area contributed by atoms with Gasteiger partial charge in [0.1, 0.15) is 0 Å². The highest BCUT2D eigenvalue weighted by molar-refractivity contribution is 7.80. The predicted molar refractivity (Wildman–Crippen MR) is 87.6 cm³/mol. The number of benzene rings is 1. The molecule has 19 heavy (non-hydrogen) atoms. The van der Waals surface area contributed by atoms with Crippen LogP contribution in [0.2, 0.25) is 0 Å². The second kappa shape index (κ2) is 6.38. The van der Waals surface area contributed by atoms with Gasteiger partial charge in [0.05, 0.1) is 6.04 Å². The molecule has 0 fully saturated rings. The van der Waals surface area contributed by atoms with Crippen molar-refractivity contribution in [1.82, 2.24) is 10.6 Å². The molecule has 2 nitrogen and oxygen atoms in total. The third-order valence-corrected chi connectivity index (χ3v) is 3.28. The van der Waals surface area contributed by atoms with E-state index in [0.717, 1.165) is 0 Å². The Morgan fingerprint density at radius 1 is 1.00 bits per heavy atom. The lowest BCUT2D eigenvalue weighted by molar-refractivity contribution is 0.589. The summed E-state index contributed by atoms with van der Waals surface area (Å²) < 4.78 is 0. The van der Waals surface area contributed by atoms with Crippen molar-refractivity contribution < 1.29 is 0 Å². The van der Waals surface area contributed by atoms with E-state index >= 15 is 0 Å². The van der Waals surface area contributed by atoms with E-state index in [1.54, 1.807) is 0 Å². The average Bonchev–Trinajstić information content (AvgIpc) is 2.26.